The first-order valence-corrected chi connectivity index (χ1v) is 4.80. The van der Waals surface area contributed by atoms with Crippen LogP contribution in [0.2, 0.25) is 0 Å². The second-order valence-electron chi connectivity index (χ2n) is 3.66. The highest BCUT2D eigenvalue weighted by Crippen LogP contribution is 2.31. The molecule has 0 spiro atoms. The molecule has 0 aliphatic heterocycles. The van der Waals surface area contributed by atoms with Crippen molar-refractivity contribution in [2.24, 2.45) is 0 Å². The van der Waals surface area contributed by atoms with Crippen LogP contribution in [0.3, 0.4) is 0 Å². The molecule has 0 saturated heterocycles. The molecule has 0 bridgehead atoms. The van der Waals surface area contributed by atoms with Gasteiger partial charge in [0.1, 0.15) is 0 Å². The summed E-state index contributed by atoms with van der Waals surface area (Å²) in [5.41, 5.74) is 1.87. The summed E-state index contributed by atoms with van der Waals surface area (Å²) in [7, 11) is 4.03. The van der Waals surface area contributed by atoms with E-state index in [0.29, 0.717) is 0 Å². The fourth-order valence-corrected chi connectivity index (χ4v) is 1.76. The third kappa shape index (κ3) is 1.53. The first kappa shape index (κ1) is 9.54. The van der Waals surface area contributed by atoms with Crippen LogP contribution in [0.25, 0.3) is 15.6 Å². The van der Waals surface area contributed by atoms with Crippen molar-refractivity contribution in [3.8, 4) is 0 Å². The van der Waals surface area contributed by atoms with Gasteiger partial charge in [-0.15, -0.1) is 0 Å². The minimum atomic E-state index is 0.719. The van der Waals surface area contributed by atoms with Crippen molar-refractivity contribution in [1.29, 1.82) is 0 Å². The third-order valence-corrected chi connectivity index (χ3v) is 2.48. The molecule has 2 aromatic carbocycles. The lowest BCUT2D eigenvalue weighted by molar-refractivity contribution is 1.14. The molecule has 0 radical (unpaired) electrons. The Labute approximate surface area is 89.6 Å². The van der Waals surface area contributed by atoms with Gasteiger partial charge in [0.15, 0.2) is 5.69 Å². The Morgan fingerprint density at radius 3 is 2.33 bits per heavy atom. The van der Waals surface area contributed by atoms with Gasteiger partial charge in [0.25, 0.3) is 0 Å². The van der Waals surface area contributed by atoms with E-state index >= 15 is 0 Å². The number of hydrogen-bond acceptors (Lipinski definition) is 1. The Kier molecular flexibility index (Phi) is 2.31. The van der Waals surface area contributed by atoms with Crippen molar-refractivity contribution in [1.82, 2.24) is 0 Å². The Hall–Kier alpha value is -2.01. The van der Waals surface area contributed by atoms with Gasteiger partial charge in [0.2, 0.25) is 0 Å². The standard InChI is InChI=1S/C13H12N2/c1-14-12-8-4-7-11-10(12)6-5-9-13(11)15(2)3/h4-9H,2-3H3. The van der Waals surface area contributed by atoms with Gasteiger partial charge in [-0.25, -0.2) is 4.85 Å². The summed E-state index contributed by atoms with van der Waals surface area (Å²) in [4.78, 5) is 5.60. The van der Waals surface area contributed by atoms with Crippen molar-refractivity contribution < 1.29 is 0 Å². The summed E-state index contributed by atoms with van der Waals surface area (Å²) in [5, 5.41) is 2.16. The number of nitrogens with zero attached hydrogens (tertiary/aromatic N) is 2. The molecule has 0 unspecified atom stereocenters. The highest BCUT2D eigenvalue weighted by molar-refractivity contribution is 6.01. The Bertz CT molecular complexity index is 536. The van der Waals surface area contributed by atoms with Crippen molar-refractivity contribution in [3.05, 3.63) is 47.8 Å². The predicted molar refractivity (Wildman–Crippen MR) is 64.5 cm³/mol. The second kappa shape index (κ2) is 3.62. The van der Waals surface area contributed by atoms with E-state index in [9.17, 15) is 0 Å². The number of fused-ring (bicyclic) bond motifs is 1. The van der Waals surface area contributed by atoms with E-state index in [1.807, 2.05) is 38.4 Å². The average Bonchev–Trinajstić information content (AvgIpc) is 2.27. The Morgan fingerprint density at radius 1 is 1.00 bits per heavy atom. The zero-order valence-corrected chi connectivity index (χ0v) is 8.86. The van der Waals surface area contributed by atoms with Gasteiger partial charge in [0.05, 0.1) is 6.57 Å². The van der Waals surface area contributed by atoms with Crippen molar-refractivity contribution in [2.45, 2.75) is 0 Å². The third-order valence-electron chi connectivity index (χ3n) is 2.48. The molecule has 74 valence electrons. The first-order valence-electron chi connectivity index (χ1n) is 4.80. The van der Waals surface area contributed by atoms with Gasteiger partial charge < -0.3 is 4.90 Å². The van der Waals surface area contributed by atoms with E-state index in [4.69, 9.17) is 6.57 Å². The van der Waals surface area contributed by atoms with Crippen molar-refractivity contribution in [2.75, 3.05) is 19.0 Å². The van der Waals surface area contributed by atoms with Gasteiger partial charge in [-0.05, 0) is 16.8 Å². The van der Waals surface area contributed by atoms with Gasteiger partial charge in [-0.3, -0.25) is 0 Å². The SMILES string of the molecule is [C-]#[N+]c1cccc2c(N(C)C)cccc12. The van der Waals surface area contributed by atoms with E-state index in [-0.39, 0.29) is 0 Å². The fourth-order valence-electron chi connectivity index (χ4n) is 1.76. The van der Waals surface area contributed by atoms with Crippen molar-refractivity contribution >= 4 is 22.1 Å². The number of benzene rings is 2. The summed E-state index contributed by atoms with van der Waals surface area (Å²) < 4.78 is 0. The van der Waals surface area contributed by atoms with Crippen LogP contribution in [0, 0.1) is 6.57 Å². The van der Waals surface area contributed by atoms with Crippen LogP contribution in [0.4, 0.5) is 11.4 Å². The molecule has 0 saturated carbocycles. The molecule has 0 fully saturated rings. The van der Waals surface area contributed by atoms with Gasteiger partial charge in [0, 0.05) is 19.8 Å². The predicted octanol–water partition coefficient (Wildman–Crippen LogP) is 3.46. The molecule has 0 amide bonds. The number of rotatable bonds is 1. The van der Waals surface area contributed by atoms with Crippen LogP contribution in [-0.2, 0) is 0 Å². The molecule has 0 N–H and O–H groups in total. The topological polar surface area (TPSA) is 7.60 Å². The average molecular weight is 196 g/mol. The molecule has 0 aliphatic carbocycles. The smallest absolute Gasteiger partial charge is 0.194 e. The Morgan fingerprint density at radius 2 is 1.67 bits per heavy atom. The monoisotopic (exact) mass is 196 g/mol. The molecule has 2 rings (SSSR count). The molecular weight excluding hydrogens is 184 g/mol. The minimum Gasteiger partial charge on any atom is -0.377 e. The van der Waals surface area contributed by atoms with Crippen molar-refractivity contribution in [3.63, 3.8) is 0 Å². The molecular formula is C13H12N2. The summed E-state index contributed by atoms with van der Waals surface area (Å²) in [6.07, 6.45) is 0. The quantitative estimate of drug-likeness (QED) is 0.634. The molecule has 2 aromatic rings. The maximum absolute atomic E-state index is 7.11. The summed E-state index contributed by atoms with van der Waals surface area (Å²) in [6.45, 7) is 7.11. The highest BCUT2D eigenvalue weighted by Gasteiger charge is 2.04. The zero-order valence-electron chi connectivity index (χ0n) is 8.86. The molecule has 0 atom stereocenters. The Balaban J connectivity index is 2.84. The van der Waals surface area contributed by atoms with Crippen LogP contribution in [0.1, 0.15) is 0 Å². The lowest BCUT2D eigenvalue weighted by atomic mass is 10.1. The van der Waals surface area contributed by atoms with E-state index in [2.05, 4.69) is 21.9 Å². The van der Waals surface area contributed by atoms with Crippen LogP contribution in [0.15, 0.2) is 36.4 Å². The molecule has 2 heteroatoms. The highest BCUT2D eigenvalue weighted by atomic mass is 15.1. The normalized spacial score (nSPS) is 9.93. The van der Waals surface area contributed by atoms with Gasteiger partial charge in [-0.1, -0.05) is 30.3 Å². The first-order chi connectivity index (χ1) is 7.24. The number of hydrogen-bond donors (Lipinski definition) is 0. The van der Waals surface area contributed by atoms with Crippen LogP contribution in [-0.4, -0.2) is 14.1 Å². The van der Waals surface area contributed by atoms with Crippen LogP contribution in [0.5, 0.6) is 0 Å². The molecule has 0 aliphatic rings. The largest absolute Gasteiger partial charge is 0.377 e. The van der Waals surface area contributed by atoms with E-state index < -0.39 is 0 Å². The summed E-state index contributed by atoms with van der Waals surface area (Å²) in [5.74, 6) is 0. The molecule has 15 heavy (non-hydrogen) atoms. The molecule has 0 aromatic heterocycles. The minimum absolute atomic E-state index is 0.719. The van der Waals surface area contributed by atoms with E-state index in [0.717, 1.165) is 22.1 Å². The summed E-state index contributed by atoms with van der Waals surface area (Å²) in [6, 6.07) is 11.9. The molecule has 2 nitrogen and oxygen atoms in total. The zero-order chi connectivity index (χ0) is 10.8. The molecule has 0 heterocycles. The van der Waals surface area contributed by atoms with Crippen LogP contribution < -0.4 is 4.90 Å². The lowest BCUT2D eigenvalue weighted by Gasteiger charge is -2.15. The van der Waals surface area contributed by atoms with Gasteiger partial charge in [-0.2, -0.15) is 0 Å². The maximum atomic E-state index is 7.11. The number of anilines is 1. The van der Waals surface area contributed by atoms with Crippen LogP contribution >= 0.6 is 0 Å². The second-order valence-corrected chi connectivity index (χ2v) is 3.66. The fraction of sp³-hybridized carbons (Fsp3) is 0.154. The summed E-state index contributed by atoms with van der Waals surface area (Å²) >= 11 is 0. The van der Waals surface area contributed by atoms with E-state index in [1.54, 1.807) is 0 Å². The maximum Gasteiger partial charge on any atom is 0.194 e. The van der Waals surface area contributed by atoms with Gasteiger partial charge >= 0.3 is 0 Å². The lowest BCUT2D eigenvalue weighted by Crippen LogP contribution is -2.08. The van der Waals surface area contributed by atoms with E-state index in [1.165, 1.54) is 0 Å².